The Kier molecular flexibility index (Phi) is 6.82. The third-order valence-electron chi connectivity index (χ3n) is 3.71. The van der Waals surface area contributed by atoms with Gasteiger partial charge in [0.2, 0.25) is 5.95 Å². The summed E-state index contributed by atoms with van der Waals surface area (Å²) in [5, 5.41) is 18.2. The molecule has 1 aromatic carbocycles. The van der Waals surface area contributed by atoms with Crippen LogP contribution in [-0.4, -0.2) is 39.1 Å². The first-order valence-electron chi connectivity index (χ1n) is 8.65. The van der Waals surface area contributed by atoms with Crippen LogP contribution >= 0.6 is 23.2 Å². The number of aryl methyl sites for hydroxylation is 1. The number of carbonyl (C=O) groups excluding carboxylic acids is 1. The predicted octanol–water partition coefficient (Wildman–Crippen LogP) is 3.89. The highest BCUT2D eigenvalue weighted by molar-refractivity contribution is 6.40. The minimum absolute atomic E-state index is 0.0290. The van der Waals surface area contributed by atoms with Crippen LogP contribution in [0.15, 0.2) is 42.6 Å². The van der Waals surface area contributed by atoms with Gasteiger partial charge in [-0.2, -0.15) is 4.98 Å². The topological polar surface area (TPSA) is 112 Å². The molecular weight excluding hydrogens is 415 g/mol. The number of carbonyl (C=O) groups is 1. The van der Waals surface area contributed by atoms with Gasteiger partial charge in [0.25, 0.3) is 5.91 Å². The number of nitrogens with one attached hydrogen (secondary N) is 3. The standard InChI is InChI=1S/C19H18Cl2N6O2/c1-11-9-16(27-19(24-11)23-7-8-28)26-15-10-12(5-6-22-15)25-18(29)17-13(20)3-2-4-14(17)21/h2-6,9-10,28H,7-8H2,1H3,(H3,22,23,24,25,26,27,29). The van der Waals surface area contributed by atoms with E-state index in [1.165, 1.54) is 0 Å². The molecule has 10 heteroatoms. The third kappa shape index (κ3) is 5.54. The van der Waals surface area contributed by atoms with Gasteiger partial charge in [-0.25, -0.2) is 9.97 Å². The fourth-order valence-electron chi connectivity index (χ4n) is 2.50. The lowest BCUT2D eigenvalue weighted by Crippen LogP contribution is -2.13. The molecule has 8 nitrogen and oxygen atoms in total. The number of aromatic nitrogens is 3. The Bertz CT molecular complexity index is 1010. The zero-order valence-corrected chi connectivity index (χ0v) is 16.9. The summed E-state index contributed by atoms with van der Waals surface area (Å²) in [6.07, 6.45) is 1.55. The molecule has 0 radical (unpaired) electrons. The molecule has 0 fully saturated rings. The van der Waals surface area contributed by atoms with Crippen LogP contribution in [0.5, 0.6) is 0 Å². The number of aliphatic hydroxyl groups is 1. The molecule has 3 aromatic rings. The fraction of sp³-hybridized carbons (Fsp3) is 0.158. The Labute approximate surface area is 177 Å². The number of nitrogens with zero attached hydrogens (tertiary/aromatic N) is 3. The summed E-state index contributed by atoms with van der Waals surface area (Å²) in [7, 11) is 0. The molecule has 0 aliphatic carbocycles. The van der Waals surface area contributed by atoms with Crippen LogP contribution in [-0.2, 0) is 0 Å². The highest BCUT2D eigenvalue weighted by Crippen LogP contribution is 2.26. The van der Waals surface area contributed by atoms with E-state index in [2.05, 4.69) is 30.9 Å². The third-order valence-corrected chi connectivity index (χ3v) is 4.34. The van der Waals surface area contributed by atoms with Crippen LogP contribution in [0.4, 0.5) is 23.3 Å². The monoisotopic (exact) mass is 432 g/mol. The molecule has 150 valence electrons. The van der Waals surface area contributed by atoms with Crippen molar-refractivity contribution in [2.45, 2.75) is 6.92 Å². The molecule has 29 heavy (non-hydrogen) atoms. The summed E-state index contributed by atoms with van der Waals surface area (Å²) >= 11 is 12.2. The van der Waals surface area contributed by atoms with Gasteiger partial charge < -0.3 is 21.1 Å². The molecule has 2 aromatic heterocycles. The lowest BCUT2D eigenvalue weighted by atomic mass is 10.2. The van der Waals surface area contributed by atoms with E-state index in [0.717, 1.165) is 5.69 Å². The minimum Gasteiger partial charge on any atom is -0.395 e. The van der Waals surface area contributed by atoms with Crippen molar-refractivity contribution >= 4 is 52.4 Å². The zero-order valence-electron chi connectivity index (χ0n) is 15.4. The minimum atomic E-state index is -0.425. The van der Waals surface area contributed by atoms with Crippen molar-refractivity contribution in [3.8, 4) is 0 Å². The second-order valence-electron chi connectivity index (χ2n) is 5.97. The lowest BCUT2D eigenvalue weighted by molar-refractivity contribution is 0.102. The highest BCUT2D eigenvalue weighted by Gasteiger charge is 2.15. The molecule has 1 amide bonds. The van der Waals surface area contributed by atoms with Crippen molar-refractivity contribution in [1.29, 1.82) is 0 Å². The molecular formula is C19H18Cl2N6O2. The summed E-state index contributed by atoms with van der Waals surface area (Å²) in [5.74, 6) is 0.952. The second-order valence-corrected chi connectivity index (χ2v) is 6.79. The number of amides is 1. The first-order valence-corrected chi connectivity index (χ1v) is 9.40. The van der Waals surface area contributed by atoms with Crippen molar-refractivity contribution in [1.82, 2.24) is 15.0 Å². The molecule has 0 aliphatic rings. The Morgan fingerprint density at radius 2 is 1.86 bits per heavy atom. The fourth-order valence-corrected chi connectivity index (χ4v) is 3.06. The van der Waals surface area contributed by atoms with Gasteiger partial charge in [0.15, 0.2) is 0 Å². The maximum absolute atomic E-state index is 12.5. The van der Waals surface area contributed by atoms with E-state index in [-0.39, 0.29) is 22.2 Å². The molecule has 0 atom stereocenters. The maximum Gasteiger partial charge on any atom is 0.258 e. The molecule has 0 unspecified atom stereocenters. The largest absolute Gasteiger partial charge is 0.395 e. The smallest absolute Gasteiger partial charge is 0.258 e. The number of pyridine rings is 1. The van der Waals surface area contributed by atoms with E-state index in [4.69, 9.17) is 28.3 Å². The van der Waals surface area contributed by atoms with Gasteiger partial charge in [0, 0.05) is 36.3 Å². The van der Waals surface area contributed by atoms with Crippen LogP contribution in [0.25, 0.3) is 0 Å². The summed E-state index contributed by atoms with van der Waals surface area (Å²) < 4.78 is 0. The SMILES string of the molecule is Cc1cc(Nc2cc(NC(=O)c3c(Cl)cccc3Cl)ccn2)nc(NCCO)n1. The zero-order chi connectivity index (χ0) is 20.8. The molecule has 4 N–H and O–H groups in total. The van der Waals surface area contributed by atoms with Gasteiger partial charge in [-0.05, 0) is 25.1 Å². The van der Waals surface area contributed by atoms with Gasteiger partial charge in [0.05, 0.1) is 22.2 Å². The van der Waals surface area contributed by atoms with E-state index >= 15 is 0 Å². The van der Waals surface area contributed by atoms with E-state index in [1.54, 1.807) is 42.6 Å². The van der Waals surface area contributed by atoms with Gasteiger partial charge >= 0.3 is 0 Å². The Balaban J connectivity index is 1.76. The predicted molar refractivity (Wildman–Crippen MR) is 114 cm³/mol. The number of hydrogen-bond acceptors (Lipinski definition) is 7. The summed E-state index contributed by atoms with van der Waals surface area (Å²) in [6.45, 7) is 2.14. The van der Waals surface area contributed by atoms with Crippen LogP contribution in [0, 0.1) is 6.92 Å². The van der Waals surface area contributed by atoms with E-state index in [0.29, 0.717) is 29.8 Å². The number of hydrogen-bond donors (Lipinski definition) is 4. The summed E-state index contributed by atoms with van der Waals surface area (Å²) in [6, 6.07) is 9.92. The summed E-state index contributed by atoms with van der Waals surface area (Å²) in [5.41, 5.74) is 1.45. The lowest BCUT2D eigenvalue weighted by Gasteiger charge is -2.11. The van der Waals surface area contributed by atoms with Gasteiger partial charge in [-0.3, -0.25) is 4.79 Å². The number of aliphatic hydroxyl groups excluding tert-OH is 1. The van der Waals surface area contributed by atoms with Gasteiger partial charge in [-0.15, -0.1) is 0 Å². The number of anilines is 4. The van der Waals surface area contributed by atoms with Gasteiger partial charge in [-0.1, -0.05) is 29.3 Å². The molecule has 2 heterocycles. The first kappa shape index (κ1) is 20.8. The van der Waals surface area contributed by atoms with Crippen LogP contribution < -0.4 is 16.0 Å². The average Bonchev–Trinajstić information content (AvgIpc) is 2.66. The number of benzene rings is 1. The van der Waals surface area contributed by atoms with Crippen LogP contribution in [0.1, 0.15) is 16.1 Å². The summed E-state index contributed by atoms with van der Waals surface area (Å²) in [4.78, 5) is 25.3. The molecule has 0 aliphatic heterocycles. The Hall–Kier alpha value is -2.94. The average molecular weight is 433 g/mol. The maximum atomic E-state index is 12.5. The van der Waals surface area contributed by atoms with Gasteiger partial charge in [0.1, 0.15) is 11.6 Å². The van der Waals surface area contributed by atoms with Crippen molar-refractivity contribution in [3.63, 3.8) is 0 Å². The van der Waals surface area contributed by atoms with Crippen molar-refractivity contribution in [2.75, 3.05) is 29.1 Å². The van der Waals surface area contributed by atoms with Crippen LogP contribution in [0.2, 0.25) is 10.0 Å². The normalized spacial score (nSPS) is 10.5. The molecule has 3 rings (SSSR count). The van der Waals surface area contributed by atoms with Crippen molar-refractivity contribution < 1.29 is 9.90 Å². The Morgan fingerprint density at radius 1 is 1.10 bits per heavy atom. The number of rotatable bonds is 7. The van der Waals surface area contributed by atoms with E-state index in [9.17, 15) is 4.79 Å². The molecule has 0 spiro atoms. The molecule has 0 saturated carbocycles. The molecule has 0 saturated heterocycles. The Morgan fingerprint density at radius 3 is 2.59 bits per heavy atom. The van der Waals surface area contributed by atoms with Crippen molar-refractivity contribution in [2.24, 2.45) is 0 Å². The second kappa shape index (κ2) is 9.51. The highest BCUT2D eigenvalue weighted by atomic mass is 35.5. The number of halogens is 2. The molecule has 0 bridgehead atoms. The van der Waals surface area contributed by atoms with E-state index < -0.39 is 5.91 Å². The van der Waals surface area contributed by atoms with Crippen LogP contribution in [0.3, 0.4) is 0 Å². The van der Waals surface area contributed by atoms with E-state index in [1.807, 2.05) is 6.92 Å². The van der Waals surface area contributed by atoms with Crippen molar-refractivity contribution in [3.05, 3.63) is 63.9 Å². The first-order chi connectivity index (χ1) is 14.0. The quantitative estimate of drug-likeness (QED) is 0.447.